The highest BCUT2D eigenvalue weighted by Crippen LogP contribution is 2.57. The van der Waals surface area contributed by atoms with Crippen molar-refractivity contribution in [3.63, 3.8) is 0 Å². The number of thiol groups is 1. The van der Waals surface area contributed by atoms with Gasteiger partial charge in [0.25, 0.3) is 11.1 Å². The molecule has 0 saturated carbocycles. The Morgan fingerprint density at radius 3 is 2.78 bits per heavy atom. The van der Waals surface area contributed by atoms with Gasteiger partial charge in [0, 0.05) is 6.54 Å². The average Bonchev–Trinajstić information content (AvgIpc) is 3.56. The largest absolute Gasteiger partial charge is 0.387 e. The Morgan fingerprint density at radius 2 is 1.98 bits per heavy atom. The summed E-state index contributed by atoms with van der Waals surface area (Å²) in [5.41, 5.74) is -0.970. The topological polar surface area (TPSA) is 211 Å². The summed E-state index contributed by atoms with van der Waals surface area (Å²) >= 11 is 9.10. The van der Waals surface area contributed by atoms with Crippen LogP contribution in [0.4, 0.5) is 4.39 Å². The zero-order valence-corrected chi connectivity index (χ0v) is 24.3. The van der Waals surface area contributed by atoms with Crippen molar-refractivity contribution < 1.29 is 36.7 Å². The van der Waals surface area contributed by atoms with Gasteiger partial charge in [-0.25, -0.2) is 28.9 Å². The molecule has 22 heteroatoms. The number of hydrogen-bond acceptors (Lipinski definition) is 13. The number of rotatable bonds is 1. The van der Waals surface area contributed by atoms with Gasteiger partial charge in [0.1, 0.15) is 30.5 Å². The summed E-state index contributed by atoms with van der Waals surface area (Å²) in [7, 11) is 0. The summed E-state index contributed by atoms with van der Waals surface area (Å²) in [6, 6.07) is 0. The van der Waals surface area contributed by atoms with Crippen molar-refractivity contribution in [2.75, 3.05) is 13.2 Å². The lowest BCUT2D eigenvalue weighted by molar-refractivity contribution is -0.0453. The van der Waals surface area contributed by atoms with Gasteiger partial charge in [-0.1, -0.05) is 12.2 Å². The number of hydrogen-bond donors (Lipinski definition) is 4. The van der Waals surface area contributed by atoms with Crippen LogP contribution in [0.3, 0.4) is 0 Å². The third-order valence-electron chi connectivity index (χ3n) is 6.29. The number of aryl methyl sites for hydroxylation is 1. The van der Waals surface area contributed by atoms with Crippen LogP contribution in [-0.4, -0.2) is 75.5 Å². The molecule has 4 aromatic rings. The van der Waals surface area contributed by atoms with Crippen LogP contribution in [0.2, 0.25) is 0 Å². The predicted octanol–water partition coefficient (Wildman–Crippen LogP) is 1.00. The van der Waals surface area contributed by atoms with Gasteiger partial charge in [0.15, 0.2) is 34.7 Å². The van der Waals surface area contributed by atoms with Crippen molar-refractivity contribution in [1.82, 2.24) is 39.0 Å². The molecule has 3 N–H and O–H groups in total. The summed E-state index contributed by atoms with van der Waals surface area (Å²) in [5.74, 6) is 0.337. The number of halogens is 1. The van der Waals surface area contributed by atoms with Crippen LogP contribution >= 0.6 is 25.8 Å². The molecule has 0 spiro atoms. The molecule has 1 saturated heterocycles. The molecule has 1 fully saturated rings. The Balaban J connectivity index is 1.39. The van der Waals surface area contributed by atoms with Crippen LogP contribution < -0.4 is 11.1 Å². The predicted molar refractivity (Wildman–Crippen MR) is 145 cm³/mol. The minimum absolute atomic E-state index is 0.0126. The smallest absolute Gasteiger partial charge is 0.346 e. The van der Waals surface area contributed by atoms with E-state index >= 15 is 4.39 Å². The van der Waals surface area contributed by atoms with E-state index in [0.717, 1.165) is 0 Å². The van der Waals surface area contributed by atoms with E-state index in [2.05, 4.69) is 42.2 Å². The lowest BCUT2D eigenvalue weighted by atomic mass is 10.1. The van der Waals surface area contributed by atoms with Gasteiger partial charge in [-0.15, -0.1) is 0 Å². The summed E-state index contributed by atoms with van der Waals surface area (Å²) < 4.78 is 59.5. The van der Waals surface area contributed by atoms with Crippen LogP contribution in [0.15, 0.2) is 22.2 Å². The van der Waals surface area contributed by atoms with E-state index in [0.29, 0.717) is 0 Å². The zero-order valence-electron chi connectivity index (χ0n) is 20.8. The Bertz CT molecular complexity index is 1860. The maximum atomic E-state index is 15.8. The van der Waals surface area contributed by atoms with Crippen LogP contribution in [0.1, 0.15) is 17.9 Å². The Labute approximate surface area is 238 Å². The molecule has 220 valence electrons. The molecular formula is C19H21FN8O9P2S2. The fourth-order valence-electron chi connectivity index (χ4n) is 4.50. The third kappa shape index (κ3) is 5.56. The molecule has 2 bridgehead atoms. The summed E-state index contributed by atoms with van der Waals surface area (Å²) in [6.07, 6.45) is -4.06. The second-order valence-electron chi connectivity index (χ2n) is 8.98. The molecule has 2 unspecified atom stereocenters. The first-order chi connectivity index (χ1) is 19.4. The van der Waals surface area contributed by atoms with Gasteiger partial charge in [0.2, 0.25) is 0 Å². The molecule has 6 rings (SSSR count). The maximum Gasteiger partial charge on any atom is 0.387 e. The molecule has 0 aromatic carbocycles. The van der Waals surface area contributed by atoms with Crippen molar-refractivity contribution in [2.24, 2.45) is 0 Å². The summed E-state index contributed by atoms with van der Waals surface area (Å²) in [6.45, 7) is -8.02. The molecule has 2 aliphatic rings. The first-order valence-corrected chi connectivity index (χ1v) is 17.1. The van der Waals surface area contributed by atoms with Crippen LogP contribution in [0.5, 0.6) is 0 Å². The SMILES string of the molecule is Cc1nc2c(ncn2[C@@H]2O[C@@H]3COP(O)(=S)OCCn4c(nc5c(=O)[nH]cnc54)COP(=O)(S)O[C@@H]2[C@@H]3F)c(=O)[nH]1. The molecule has 41 heavy (non-hydrogen) atoms. The van der Waals surface area contributed by atoms with Crippen molar-refractivity contribution >= 4 is 59.9 Å². The number of nitrogens with one attached hydrogen (secondary N) is 2. The number of aromatic nitrogens is 8. The fraction of sp³-hybridized carbons (Fsp3) is 0.474. The second kappa shape index (κ2) is 10.7. The molecule has 0 aliphatic carbocycles. The quantitative estimate of drug-likeness (QED) is 0.167. The minimum Gasteiger partial charge on any atom is -0.346 e. The van der Waals surface area contributed by atoms with Gasteiger partial charge in [-0.3, -0.25) is 23.2 Å². The standard InChI is InChI=1S/C19H21FN8O9P2S2/c1-8-24-16-12(18(30)25-8)23-7-28(16)19-14-11(20)9(36-19)4-34-38(31,40)33-3-2-27-10(5-35-39(32,41)37-14)26-13-15(27)21-6-22-17(13)29/h6-7,9,11,14,19H,2-5H2,1H3,(H,31,40)(H,32,41)(H,21,22,29)(H,24,25,30)/t9-,11-,14-,19-,38?,39?/m1/s1. The number of fused-ring (bicyclic) bond motifs is 6. The Kier molecular flexibility index (Phi) is 7.51. The molecule has 2 aliphatic heterocycles. The van der Waals surface area contributed by atoms with Gasteiger partial charge < -0.3 is 33.2 Å². The van der Waals surface area contributed by atoms with Gasteiger partial charge >= 0.3 is 13.5 Å². The maximum absolute atomic E-state index is 15.8. The van der Waals surface area contributed by atoms with E-state index in [9.17, 15) is 19.0 Å². The normalized spacial score (nSPS) is 31.6. The summed E-state index contributed by atoms with van der Waals surface area (Å²) in [4.78, 5) is 56.8. The van der Waals surface area contributed by atoms with E-state index in [-0.39, 0.29) is 47.1 Å². The second-order valence-corrected chi connectivity index (χ2v) is 14.7. The number of alkyl halides is 1. The van der Waals surface area contributed by atoms with Crippen molar-refractivity contribution in [1.29, 1.82) is 0 Å². The highest BCUT2D eigenvalue weighted by molar-refractivity contribution is 8.44. The van der Waals surface area contributed by atoms with Crippen molar-refractivity contribution in [3.8, 4) is 0 Å². The molecule has 0 amide bonds. The van der Waals surface area contributed by atoms with E-state index in [1.807, 2.05) is 0 Å². The first kappa shape index (κ1) is 28.7. The fourth-order valence-corrected chi connectivity index (χ4v) is 7.00. The van der Waals surface area contributed by atoms with Crippen molar-refractivity contribution in [2.45, 2.75) is 44.7 Å². The van der Waals surface area contributed by atoms with E-state index in [4.69, 9.17) is 34.6 Å². The molecule has 6 heterocycles. The highest BCUT2D eigenvalue weighted by Gasteiger charge is 2.51. The average molecular weight is 651 g/mol. The lowest BCUT2D eigenvalue weighted by Crippen LogP contribution is -2.32. The lowest BCUT2D eigenvalue weighted by Gasteiger charge is -2.24. The molecular weight excluding hydrogens is 629 g/mol. The zero-order chi connectivity index (χ0) is 29.1. The van der Waals surface area contributed by atoms with Crippen LogP contribution in [-0.2, 0) is 52.4 Å². The monoisotopic (exact) mass is 650 g/mol. The highest BCUT2D eigenvalue weighted by atomic mass is 32.7. The molecule has 0 radical (unpaired) electrons. The van der Waals surface area contributed by atoms with Crippen LogP contribution in [0.25, 0.3) is 22.3 Å². The number of H-pyrrole nitrogens is 2. The Hall–Kier alpha value is -2.38. The van der Waals surface area contributed by atoms with Gasteiger partial charge in [-0.05, 0) is 18.7 Å². The van der Waals surface area contributed by atoms with Gasteiger partial charge in [-0.2, -0.15) is 0 Å². The number of aromatic amines is 2. The van der Waals surface area contributed by atoms with E-state index in [1.54, 1.807) is 6.92 Å². The first-order valence-electron chi connectivity index (χ1n) is 11.9. The minimum atomic E-state index is -4.35. The summed E-state index contributed by atoms with van der Waals surface area (Å²) in [5, 5.41) is 0. The van der Waals surface area contributed by atoms with E-state index in [1.165, 1.54) is 21.8 Å². The number of ether oxygens (including phenoxy) is 1. The van der Waals surface area contributed by atoms with Crippen LogP contribution in [0, 0.1) is 6.92 Å². The molecule has 6 atom stereocenters. The molecule has 4 aromatic heterocycles. The number of imidazole rings is 2. The molecule has 17 nitrogen and oxygen atoms in total. The van der Waals surface area contributed by atoms with Crippen molar-refractivity contribution in [3.05, 3.63) is 45.0 Å². The van der Waals surface area contributed by atoms with E-state index < -0.39 is 62.5 Å². The van der Waals surface area contributed by atoms with Gasteiger partial charge in [0.05, 0.1) is 25.9 Å². The third-order valence-corrected chi connectivity index (χ3v) is 9.50. The Morgan fingerprint density at radius 1 is 1.17 bits per heavy atom. The number of nitrogens with zero attached hydrogens (tertiary/aromatic N) is 6.